The largest absolute Gasteiger partial charge is 0.506 e. The van der Waals surface area contributed by atoms with Crippen molar-refractivity contribution in [2.75, 3.05) is 24.7 Å². The van der Waals surface area contributed by atoms with Crippen molar-refractivity contribution in [3.63, 3.8) is 0 Å². The maximum atomic E-state index is 10.3. The molecule has 0 saturated carbocycles. The Morgan fingerprint density at radius 1 is 1.35 bits per heavy atom. The van der Waals surface area contributed by atoms with E-state index in [4.69, 9.17) is 0 Å². The third kappa shape index (κ3) is 3.41. The number of hydrogen-bond donors (Lipinski definition) is 2. The third-order valence-electron chi connectivity index (χ3n) is 4.70. The lowest BCUT2D eigenvalue weighted by Gasteiger charge is -2.31. The van der Waals surface area contributed by atoms with Crippen LogP contribution in [-0.2, 0) is 0 Å². The second kappa shape index (κ2) is 7.09. The fourth-order valence-corrected chi connectivity index (χ4v) is 5.07. The summed E-state index contributed by atoms with van der Waals surface area (Å²) < 4.78 is 5.14. The topological polar surface area (TPSA) is 66.2 Å². The number of rotatable bonds is 4. The Bertz CT molecular complexity index is 880. The van der Waals surface area contributed by atoms with Crippen LogP contribution in [0.5, 0.6) is 5.75 Å². The molecule has 1 aliphatic heterocycles. The highest BCUT2D eigenvalue weighted by molar-refractivity contribution is 7.96. The van der Waals surface area contributed by atoms with E-state index in [1.165, 1.54) is 12.8 Å². The zero-order valence-electron chi connectivity index (χ0n) is 15.2. The number of fused-ring (bicyclic) bond motifs is 1. The molecule has 0 bridgehead atoms. The van der Waals surface area contributed by atoms with Gasteiger partial charge in [0.1, 0.15) is 11.4 Å². The molecule has 1 fully saturated rings. The van der Waals surface area contributed by atoms with Gasteiger partial charge in [-0.2, -0.15) is 4.98 Å². The lowest BCUT2D eigenvalue weighted by molar-refractivity contribution is 0.357. The summed E-state index contributed by atoms with van der Waals surface area (Å²) in [6, 6.07) is 4.24. The molecule has 3 heterocycles. The van der Waals surface area contributed by atoms with Gasteiger partial charge in [0.2, 0.25) is 0 Å². The lowest BCUT2D eigenvalue weighted by atomic mass is 10.1. The van der Waals surface area contributed by atoms with Crippen molar-refractivity contribution in [3.05, 3.63) is 29.5 Å². The number of phenols is 1. The first kappa shape index (κ1) is 17.6. The third-order valence-corrected chi connectivity index (χ3v) is 6.46. The normalized spacial score (nSPS) is 18.5. The summed E-state index contributed by atoms with van der Waals surface area (Å²) >= 11 is 3.42. The molecule has 0 amide bonds. The van der Waals surface area contributed by atoms with Crippen molar-refractivity contribution in [2.24, 2.45) is 0 Å². The highest BCUT2D eigenvalue weighted by Gasteiger charge is 2.21. The monoisotopic (exact) mass is 389 g/mol. The van der Waals surface area contributed by atoms with Gasteiger partial charge in [-0.05, 0) is 50.1 Å². The Morgan fingerprint density at radius 3 is 2.92 bits per heavy atom. The molecule has 4 rings (SSSR count). The van der Waals surface area contributed by atoms with E-state index in [0.29, 0.717) is 6.04 Å². The van der Waals surface area contributed by atoms with E-state index in [9.17, 15) is 5.11 Å². The predicted molar refractivity (Wildman–Crippen MR) is 110 cm³/mol. The SMILES string of the molecule is CSN1CCCC(Nc2nc3nn(-c4c(C)cc(C)cc4O)cc3s2)C1. The second-order valence-electron chi connectivity index (χ2n) is 6.78. The van der Waals surface area contributed by atoms with Gasteiger partial charge in [-0.15, -0.1) is 5.10 Å². The molecule has 0 radical (unpaired) electrons. The number of phenolic OH excluding ortho intramolecular Hbond substituents is 1. The number of aryl methyl sites for hydroxylation is 2. The summed E-state index contributed by atoms with van der Waals surface area (Å²) in [5, 5.41) is 19.4. The standard InChI is InChI=1S/C18H23N5OS2/c1-11-7-12(2)16(14(24)8-11)23-10-15-17(21-23)20-18(26-15)19-13-5-4-6-22(9-13)25-3/h7-8,10,13,24H,4-6,9H2,1-3H3,(H,19,20,21). The van der Waals surface area contributed by atoms with Crippen molar-refractivity contribution in [1.82, 2.24) is 19.1 Å². The first-order valence-corrected chi connectivity index (χ1v) is 10.8. The molecular weight excluding hydrogens is 366 g/mol. The summed E-state index contributed by atoms with van der Waals surface area (Å²) in [6.07, 6.45) is 6.46. The molecule has 1 atom stereocenters. The van der Waals surface area contributed by atoms with Gasteiger partial charge in [-0.1, -0.05) is 29.4 Å². The minimum absolute atomic E-state index is 0.246. The first-order valence-electron chi connectivity index (χ1n) is 8.76. The average molecular weight is 390 g/mol. The summed E-state index contributed by atoms with van der Waals surface area (Å²) in [5.74, 6) is 0.246. The Morgan fingerprint density at radius 2 is 2.19 bits per heavy atom. The number of hydrogen-bond acceptors (Lipinski definition) is 7. The number of aromatic nitrogens is 3. The minimum atomic E-state index is 0.246. The quantitative estimate of drug-likeness (QED) is 0.659. The fourth-order valence-electron chi connectivity index (χ4n) is 3.53. The Labute approximate surface area is 161 Å². The zero-order chi connectivity index (χ0) is 18.3. The molecule has 0 aliphatic carbocycles. The first-order chi connectivity index (χ1) is 12.5. The van der Waals surface area contributed by atoms with Crippen LogP contribution in [-0.4, -0.2) is 49.6 Å². The molecule has 8 heteroatoms. The van der Waals surface area contributed by atoms with E-state index in [1.807, 2.05) is 26.1 Å². The molecule has 3 aromatic rings. The van der Waals surface area contributed by atoms with Gasteiger partial charge in [0.15, 0.2) is 10.8 Å². The molecule has 1 saturated heterocycles. The molecule has 2 aromatic heterocycles. The number of aromatic hydroxyl groups is 1. The highest BCUT2D eigenvalue weighted by atomic mass is 32.2. The van der Waals surface area contributed by atoms with Gasteiger partial charge in [0, 0.05) is 19.1 Å². The van der Waals surface area contributed by atoms with E-state index < -0.39 is 0 Å². The van der Waals surface area contributed by atoms with Gasteiger partial charge in [-0.3, -0.25) is 0 Å². The van der Waals surface area contributed by atoms with E-state index in [1.54, 1.807) is 34.0 Å². The van der Waals surface area contributed by atoms with Crippen molar-refractivity contribution >= 4 is 38.8 Å². The maximum absolute atomic E-state index is 10.3. The zero-order valence-corrected chi connectivity index (χ0v) is 16.8. The van der Waals surface area contributed by atoms with Crippen LogP contribution in [0.4, 0.5) is 5.13 Å². The van der Waals surface area contributed by atoms with Gasteiger partial charge in [0.25, 0.3) is 0 Å². The van der Waals surface area contributed by atoms with Crippen molar-refractivity contribution in [1.29, 1.82) is 0 Å². The molecule has 6 nitrogen and oxygen atoms in total. The molecule has 1 aliphatic rings. The van der Waals surface area contributed by atoms with E-state index in [-0.39, 0.29) is 5.75 Å². The van der Waals surface area contributed by atoms with Crippen molar-refractivity contribution in [2.45, 2.75) is 32.7 Å². The van der Waals surface area contributed by atoms with Gasteiger partial charge in [-0.25, -0.2) is 8.99 Å². The molecule has 2 N–H and O–H groups in total. The summed E-state index contributed by atoms with van der Waals surface area (Å²) in [6.45, 7) is 6.15. The van der Waals surface area contributed by atoms with Crippen LogP contribution in [0.15, 0.2) is 18.3 Å². The van der Waals surface area contributed by atoms with Crippen LogP contribution in [0.1, 0.15) is 24.0 Å². The van der Waals surface area contributed by atoms with Gasteiger partial charge >= 0.3 is 0 Å². The maximum Gasteiger partial charge on any atom is 0.194 e. The van der Waals surface area contributed by atoms with Crippen LogP contribution < -0.4 is 5.32 Å². The number of piperidine rings is 1. The smallest absolute Gasteiger partial charge is 0.194 e. The summed E-state index contributed by atoms with van der Waals surface area (Å²) in [5.41, 5.74) is 3.47. The van der Waals surface area contributed by atoms with Crippen LogP contribution in [0.2, 0.25) is 0 Å². The molecule has 138 valence electrons. The second-order valence-corrected chi connectivity index (χ2v) is 8.70. The number of nitrogens with zero attached hydrogens (tertiary/aromatic N) is 4. The molecular formula is C18H23N5OS2. The Hall–Kier alpha value is -1.77. The van der Waals surface area contributed by atoms with Crippen molar-refractivity contribution < 1.29 is 5.11 Å². The van der Waals surface area contributed by atoms with E-state index in [2.05, 4.69) is 26.0 Å². The Balaban J connectivity index is 1.56. The lowest BCUT2D eigenvalue weighted by Crippen LogP contribution is -2.38. The number of thiazole rings is 1. The minimum Gasteiger partial charge on any atom is -0.506 e. The van der Waals surface area contributed by atoms with Crippen molar-refractivity contribution in [3.8, 4) is 11.4 Å². The van der Waals surface area contributed by atoms with Crippen LogP contribution in [0.3, 0.4) is 0 Å². The average Bonchev–Trinajstić information content (AvgIpc) is 3.12. The molecule has 1 aromatic carbocycles. The van der Waals surface area contributed by atoms with Gasteiger partial charge < -0.3 is 10.4 Å². The summed E-state index contributed by atoms with van der Waals surface area (Å²) in [7, 11) is 0. The van der Waals surface area contributed by atoms with Crippen LogP contribution >= 0.6 is 23.3 Å². The van der Waals surface area contributed by atoms with Crippen LogP contribution in [0, 0.1) is 13.8 Å². The van der Waals surface area contributed by atoms with Gasteiger partial charge in [0.05, 0.1) is 10.9 Å². The number of benzene rings is 1. The predicted octanol–water partition coefficient (Wildman–Crippen LogP) is 3.96. The Kier molecular flexibility index (Phi) is 4.81. The number of anilines is 1. The fraction of sp³-hybridized carbons (Fsp3) is 0.444. The van der Waals surface area contributed by atoms with Crippen LogP contribution in [0.25, 0.3) is 16.0 Å². The molecule has 0 spiro atoms. The number of nitrogens with one attached hydrogen (secondary N) is 1. The summed E-state index contributed by atoms with van der Waals surface area (Å²) in [4.78, 5) is 4.65. The van der Waals surface area contributed by atoms with E-state index >= 15 is 0 Å². The highest BCUT2D eigenvalue weighted by Crippen LogP contribution is 2.31. The molecule has 26 heavy (non-hydrogen) atoms. The van der Waals surface area contributed by atoms with E-state index in [0.717, 1.165) is 45.4 Å². The molecule has 1 unspecified atom stereocenters.